The Labute approximate surface area is 256 Å². The molecule has 1 aromatic heterocycles. The van der Waals surface area contributed by atoms with Crippen LogP contribution in [-0.4, -0.2) is 31.3 Å². The smallest absolute Gasteiger partial charge is 0.159 e. The molecule has 2 aromatic carbocycles. The average molecular weight is 591 g/mol. The lowest BCUT2D eigenvalue weighted by atomic mass is 10.1. The van der Waals surface area contributed by atoms with Gasteiger partial charge < -0.3 is 14.2 Å². The van der Waals surface area contributed by atoms with Gasteiger partial charge in [-0.15, -0.1) is 0 Å². The lowest BCUT2D eigenvalue weighted by molar-refractivity contribution is 0.300. The van der Waals surface area contributed by atoms with E-state index in [0.29, 0.717) is 12.4 Å². The molecule has 0 aliphatic rings. The molecule has 0 unspecified atom stereocenters. The maximum absolute atomic E-state index is 6.00. The predicted molar refractivity (Wildman–Crippen MR) is 178 cm³/mol. The van der Waals surface area contributed by atoms with Crippen LogP contribution in [0.25, 0.3) is 11.4 Å². The summed E-state index contributed by atoms with van der Waals surface area (Å²) >= 11 is 0. The zero-order valence-electron chi connectivity index (χ0n) is 26.7. The number of rotatable bonds is 22. The van der Waals surface area contributed by atoms with E-state index in [1.54, 1.807) is 12.4 Å². The fraction of sp³-hybridized carbons (Fsp3) is 0.556. The standard InChI is InChI=1S/C36H54N2O3Si/c1-5-7-9-10-11-12-13-24-39-33-20-16-31(17-21-33)30-41-34-22-18-32(19-23-34)36-37-28-35(29-38-36)40-25-14-15-27-42(3,4)26-8-6-2/h16-23,28-29H,5-15,24-27,30H2,1-4H3. The molecule has 0 aliphatic heterocycles. The van der Waals surface area contributed by atoms with Gasteiger partial charge in [-0.05, 0) is 54.8 Å². The molecule has 3 rings (SSSR count). The lowest BCUT2D eigenvalue weighted by Gasteiger charge is -2.21. The van der Waals surface area contributed by atoms with Gasteiger partial charge in [0.25, 0.3) is 0 Å². The van der Waals surface area contributed by atoms with Gasteiger partial charge in [0.05, 0.1) is 25.6 Å². The monoisotopic (exact) mass is 590 g/mol. The van der Waals surface area contributed by atoms with Crippen molar-refractivity contribution < 1.29 is 14.2 Å². The van der Waals surface area contributed by atoms with E-state index in [-0.39, 0.29) is 0 Å². The first-order valence-corrected chi connectivity index (χ1v) is 19.8. The summed E-state index contributed by atoms with van der Waals surface area (Å²) in [5.41, 5.74) is 2.07. The molecule has 1 heterocycles. The summed E-state index contributed by atoms with van der Waals surface area (Å²) in [5.74, 6) is 3.16. The van der Waals surface area contributed by atoms with E-state index in [2.05, 4.69) is 49.0 Å². The molecule has 5 nitrogen and oxygen atoms in total. The molecule has 6 heteroatoms. The largest absolute Gasteiger partial charge is 0.494 e. The summed E-state index contributed by atoms with van der Waals surface area (Å²) in [7, 11) is -1.03. The number of ether oxygens (including phenoxy) is 3. The van der Waals surface area contributed by atoms with Gasteiger partial charge in [-0.2, -0.15) is 0 Å². The number of hydrogen-bond donors (Lipinski definition) is 0. The highest BCUT2D eigenvalue weighted by molar-refractivity contribution is 6.77. The minimum Gasteiger partial charge on any atom is -0.494 e. The van der Waals surface area contributed by atoms with Crippen molar-refractivity contribution in [3.05, 3.63) is 66.5 Å². The fourth-order valence-corrected chi connectivity index (χ4v) is 7.78. The highest BCUT2D eigenvalue weighted by atomic mass is 28.3. The summed E-state index contributed by atoms with van der Waals surface area (Å²) in [5, 5.41) is 0. The van der Waals surface area contributed by atoms with Crippen molar-refractivity contribution in [1.82, 2.24) is 9.97 Å². The molecule has 0 aliphatic carbocycles. The molecule has 42 heavy (non-hydrogen) atoms. The molecule has 0 atom stereocenters. The van der Waals surface area contributed by atoms with Crippen LogP contribution in [0.15, 0.2) is 60.9 Å². The Balaban J connectivity index is 1.32. The summed E-state index contributed by atoms with van der Waals surface area (Å²) in [6.45, 7) is 11.6. The molecule has 0 saturated heterocycles. The molecule has 0 bridgehead atoms. The summed E-state index contributed by atoms with van der Waals surface area (Å²) in [6, 6.07) is 19.0. The maximum atomic E-state index is 6.00. The third-order valence-corrected chi connectivity index (χ3v) is 11.2. The van der Waals surface area contributed by atoms with Gasteiger partial charge in [0, 0.05) is 13.6 Å². The molecule has 0 fully saturated rings. The molecule has 0 amide bonds. The van der Waals surface area contributed by atoms with Gasteiger partial charge in [0.2, 0.25) is 0 Å². The normalized spacial score (nSPS) is 11.4. The van der Waals surface area contributed by atoms with Gasteiger partial charge in [0.1, 0.15) is 18.1 Å². The van der Waals surface area contributed by atoms with Crippen LogP contribution in [0.2, 0.25) is 25.2 Å². The highest BCUT2D eigenvalue weighted by Crippen LogP contribution is 2.23. The molecule has 0 spiro atoms. The van der Waals surface area contributed by atoms with Gasteiger partial charge in [-0.1, -0.05) is 109 Å². The van der Waals surface area contributed by atoms with Crippen LogP contribution < -0.4 is 14.2 Å². The predicted octanol–water partition coefficient (Wildman–Crippen LogP) is 10.5. The van der Waals surface area contributed by atoms with E-state index in [0.717, 1.165) is 54.4 Å². The van der Waals surface area contributed by atoms with Crippen LogP contribution in [0.1, 0.15) is 90.0 Å². The van der Waals surface area contributed by atoms with E-state index in [4.69, 9.17) is 14.2 Å². The second kappa shape index (κ2) is 19.3. The van der Waals surface area contributed by atoms with Crippen molar-refractivity contribution in [3.8, 4) is 28.6 Å². The second-order valence-electron chi connectivity index (χ2n) is 12.2. The molecule has 230 valence electrons. The zero-order chi connectivity index (χ0) is 29.9. The van der Waals surface area contributed by atoms with Crippen LogP contribution in [0.5, 0.6) is 17.2 Å². The number of hydrogen-bond acceptors (Lipinski definition) is 5. The van der Waals surface area contributed by atoms with Crippen LogP contribution in [-0.2, 0) is 6.61 Å². The van der Waals surface area contributed by atoms with Crippen LogP contribution in [0.4, 0.5) is 0 Å². The topological polar surface area (TPSA) is 53.5 Å². The van der Waals surface area contributed by atoms with E-state index < -0.39 is 8.07 Å². The van der Waals surface area contributed by atoms with E-state index >= 15 is 0 Å². The average Bonchev–Trinajstić information content (AvgIpc) is 3.01. The van der Waals surface area contributed by atoms with E-state index in [9.17, 15) is 0 Å². The molecular formula is C36H54N2O3Si. The van der Waals surface area contributed by atoms with E-state index in [1.165, 1.54) is 69.9 Å². The van der Waals surface area contributed by atoms with Crippen LogP contribution in [0.3, 0.4) is 0 Å². The number of benzene rings is 2. The van der Waals surface area contributed by atoms with E-state index in [1.807, 2.05) is 36.4 Å². The quantitative estimate of drug-likeness (QED) is 0.0860. The number of unbranched alkanes of at least 4 members (excludes halogenated alkanes) is 8. The molecule has 0 N–H and O–H groups in total. The van der Waals surface area contributed by atoms with Crippen molar-refractivity contribution >= 4 is 8.07 Å². The SMILES string of the molecule is CCCCCCCCCOc1ccc(COc2ccc(-c3ncc(OCCCC[Si](C)(C)CCCC)cn3)cc2)cc1. The Morgan fingerprint density at radius 1 is 0.548 bits per heavy atom. The first-order chi connectivity index (χ1) is 20.5. The second-order valence-corrected chi connectivity index (χ2v) is 17.6. The zero-order valence-corrected chi connectivity index (χ0v) is 27.7. The summed E-state index contributed by atoms with van der Waals surface area (Å²) < 4.78 is 17.8. The van der Waals surface area contributed by atoms with Gasteiger partial charge in [-0.3, -0.25) is 0 Å². The molecule has 0 radical (unpaired) electrons. The Morgan fingerprint density at radius 2 is 1.07 bits per heavy atom. The van der Waals surface area contributed by atoms with Gasteiger partial charge in [0.15, 0.2) is 11.6 Å². The highest BCUT2D eigenvalue weighted by Gasteiger charge is 2.18. The Kier molecular flexibility index (Phi) is 15.5. The van der Waals surface area contributed by atoms with Gasteiger partial charge in [-0.25, -0.2) is 9.97 Å². The van der Waals surface area contributed by atoms with Gasteiger partial charge >= 0.3 is 0 Å². The first-order valence-electron chi connectivity index (χ1n) is 16.4. The Hall–Kier alpha value is -2.86. The summed E-state index contributed by atoms with van der Waals surface area (Å²) in [4.78, 5) is 9.03. The first kappa shape index (κ1) is 33.6. The molecule has 0 saturated carbocycles. The lowest BCUT2D eigenvalue weighted by Crippen LogP contribution is -2.24. The summed E-state index contributed by atoms with van der Waals surface area (Å²) in [6.07, 6.45) is 17.6. The van der Waals surface area contributed by atoms with Crippen LogP contribution >= 0.6 is 0 Å². The molecular weight excluding hydrogens is 536 g/mol. The third-order valence-electron chi connectivity index (χ3n) is 7.81. The third kappa shape index (κ3) is 13.4. The number of aromatic nitrogens is 2. The minimum atomic E-state index is -1.03. The minimum absolute atomic E-state index is 0.512. The van der Waals surface area contributed by atoms with Crippen molar-refractivity contribution in [2.45, 2.75) is 116 Å². The molecule has 3 aromatic rings. The van der Waals surface area contributed by atoms with Crippen molar-refractivity contribution in [3.63, 3.8) is 0 Å². The van der Waals surface area contributed by atoms with Crippen molar-refractivity contribution in [2.24, 2.45) is 0 Å². The fourth-order valence-electron chi connectivity index (χ4n) is 5.01. The Bertz CT molecular complexity index is 1100. The number of nitrogens with zero attached hydrogens (tertiary/aromatic N) is 2. The van der Waals surface area contributed by atoms with Crippen LogP contribution in [0, 0.1) is 0 Å². The maximum Gasteiger partial charge on any atom is 0.159 e. The van der Waals surface area contributed by atoms with Crippen molar-refractivity contribution in [1.29, 1.82) is 0 Å². The Morgan fingerprint density at radius 3 is 1.74 bits per heavy atom. The van der Waals surface area contributed by atoms with Crippen molar-refractivity contribution in [2.75, 3.05) is 13.2 Å².